The number of nitrogens with zero attached hydrogens (tertiary/aromatic N) is 1. The molecule has 2 unspecified atom stereocenters. The van der Waals surface area contributed by atoms with Crippen LogP contribution in [-0.4, -0.2) is 80.6 Å². The summed E-state index contributed by atoms with van der Waals surface area (Å²) in [5.41, 5.74) is 0. The zero-order chi connectivity index (χ0) is 42.1. The van der Waals surface area contributed by atoms with Gasteiger partial charge < -0.3 is 23.8 Å². The number of carbonyl (C=O) groups is 3. The molecule has 57 heavy (non-hydrogen) atoms. The Kier molecular flexibility index (Phi) is 37.3. The second-order valence-electron chi connectivity index (χ2n) is 15.9. The van der Waals surface area contributed by atoms with Crippen molar-refractivity contribution in [3.05, 3.63) is 72.9 Å². The Balaban J connectivity index is 4.42. The van der Waals surface area contributed by atoms with Crippen molar-refractivity contribution >= 4 is 17.9 Å². The first-order chi connectivity index (χ1) is 27.6. The molecule has 8 heteroatoms. The maximum Gasteiger partial charge on any atom is 0.362 e. The van der Waals surface area contributed by atoms with E-state index in [1.54, 1.807) is 0 Å². The predicted octanol–water partition coefficient (Wildman–Crippen LogP) is 12.4. The minimum absolute atomic E-state index is 0.0410. The van der Waals surface area contributed by atoms with E-state index in [4.69, 9.17) is 14.2 Å². The summed E-state index contributed by atoms with van der Waals surface area (Å²) in [4.78, 5) is 37.0. The van der Waals surface area contributed by atoms with Gasteiger partial charge in [0.05, 0.1) is 34.4 Å². The number of carboxylic acid groups (broad SMARTS) is 1. The van der Waals surface area contributed by atoms with E-state index in [-0.39, 0.29) is 36.2 Å². The summed E-state index contributed by atoms with van der Waals surface area (Å²) in [6, 6.07) is -0.625. The quantitative estimate of drug-likeness (QED) is 0.0286. The average Bonchev–Trinajstić information content (AvgIpc) is 3.17. The number of carbonyl (C=O) groups excluding carboxylic acids is 2. The molecule has 0 rings (SSSR count). The largest absolute Gasteiger partial charge is 0.477 e. The third-order valence-corrected chi connectivity index (χ3v) is 9.59. The monoisotopic (exact) mass is 799 g/mol. The van der Waals surface area contributed by atoms with Gasteiger partial charge in [-0.25, -0.2) is 4.79 Å². The molecule has 0 aromatic rings. The molecule has 0 saturated heterocycles. The molecule has 0 aliphatic heterocycles. The molecule has 0 spiro atoms. The number of esters is 2. The van der Waals surface area contributed by atoms with Crippen molar-refractivity contribution in [1.82, 2.24) is 0 Å². The molecule has 326 valence electrons. The molecule has 1 N–H and O–H groups in total. The average molecular weight is 799 g/mol. The molecule has 0 aromatic heterocycles. The van der Waals surface area contributed by atoms with Crippen LogP contribution in [0.1, 0.15) is 168 Å². The van der Waals surface area contributed by atoms with Crippen LogP contribution in [0.5, 0.6) is 0 Å². The molecule has 0 bridgehead atoms. The molecule has 2 atom stereocenters. The minimum atomic E-state index is -0.885. The standard InChI is InChI=1S/C49H83NO7/c1-6-8-10-12-14-16-18-20-22-23-24-25-26-28-29-31-33-35-37-39-47(51)56-44-45(43-55-42-41-46(49(53)54)50(3,4)5)57-48(52)40-38-36-34-32-30-27-21-19-17-15-13-11-9-7-2/h8,10,14,16,20,22,24-25,27-30,45-46H,6-7,9,11-13,15,17-19,21,23,26,31-44H2,1-5H3/p+1/b10-8+,16-14+,22-20+,25-24+,29-28+,30-27+. The Bertz CT molecular complexity index is 1160. The van der Waals surface area contributed by atoms with E-state index in [1.165, 1.54) is 44.9 Å². The van der Waals surface area contributed by atoms with Gasteiger partial charge in [-0.15, -0.1) is 0 Å². The molecule has 0 aromatic carbocycles. The predicted molar refractivity (Wildman–Crippen MR) is 238 cm³/mol. The second-order valence-corrected chi connectivity index (χ2v) is 15.9. The van der Waals surface area contributed by atoms with E-state index >= 15 is 0 Å². The third kappa shape index (κ3) is 38.1. The van der Waals surface area contributed by atoms with Crippen LogP contribution < -0.4 is 0 Å². The maximum absolute atomic E-state index is 12.7. The zero-order valence-corrected chi connectivity index (χ0v) is 37.0. The number of quaternary nitrogens is 1. The smallest absolute Gasteiger partial charge is 0.362 e. The SMILES string of the molecule is CC/C=C/C/C=C/C/C=C/C/C=C/C/C=C/CCCCCC(=O)OCC(COCCC(C(=O)O)[N+](C)(C)C)OC(=O)CCCCC/C=C/CCCCCCCCC. The summed E-state index contributed by atoms with van der Waals surface area (Å²) in [5, 5.41) is 9.62. The Morgan fingerprint density at radius 2 is 0.982 bits per heavy atom. The van der Waals surface area contributed by atoms with Crippen molar-refractivity contribution in [1.29, 1.82) is 0 Å². The first kappa shape index (κ1) is 53.8. The highest BCUT2D eigenvalue weighted by Gasteiger charge is 2.31. The Labute approximate surface area is 349 Å². The number of unbranched alkanes of at least 4 members (excludes halogenated alkanes) is 13. The van der Waals surface area contributed by atoms with Gasteiger partial charge in [-0.3, -0.25) is 9.59 Å². The van der Waals surface area contributed by atoms with Crippen LogP contribution in [0.4, 0.5) is 0 Å². The fourth-order valence-corrected chi connectivity index (χ4v) is 6.11. The normalized spacial score (nSPS) is 13.6. The summed E-state index contributed by atoms with van der Waals surface area (Å²) in [6.45, 7) is 4.55. The Morgan fingerprint density at radius 1 is 0.544 bits per heavy atom. The van der Waals surface area contributed by atoms with Crippen LogP contribution in [0, 0.1) is 0 Å². The van der Waals surface area contributed by atoms with Crippen molar-refractivity contribution in [3.8, 4) is 0 Å². The number of hydrogen-bond donors (Lipinski definition) is 1. The number of rotatable bonds is 39. The van der Waals surface area contributed by atoms with E-state index in [1.807, 2.05) is 21.1 Å². The third-order valence-electron chi connectivity index (χ3n) is 9.59. The van der Waals surface area contributed by atoms with Gasteiger partial charge in [-0.2, -0.15) is 0 Å². The van der Waals surface area contributed by atoms with Gasteiger partial charge in [-0.1, -0.05) is 138 Å². The lowest BCUT2D eigenvalue weighted by Gasteiger charge is -2.31. The van der Waals surface area contributed by atoms with E-state index < -0.39 is 18.1 Å². The molecule has 8 nitrogen and oxygen atoms in total. The van der Waals surface area contributed by atoms with Crippen LogP contribution in [0.25, 0.3) is 0 Å². The van der Waals surface area contributed by atoms with Crippen LogP contribution in [0.2, 0.25) is 0 Å². The molecule has 0 radical (unpaired) electrons. The van der Waals surface area contributed by atoms with Gasteiger partial charge in [0.25, 0.3) is 0 Å². The van der Waals surface area contributed by atoms with Crippen LogP contribution in [0.15, 0.2) is 72.9 Å². The number of hydrogen-bond acceptors (Lipinski definition) is 6. The van der Waals surface area contributed by atoms with Crippen molar-refractivity contribution in [2.45, 2.75) is 180 Å². The number of allylic oxidation sites excluding steroid dienone is 12. The Morgan fingerprint density at radius 3 is 1.47 bits per heavy atom. The van der Waals surface area contributed by atoms with E-state index in [2.05, 4.69) is 86.8 Å². The highest BCUT2D eigenvalue weighted by atomic mass is 16.6. The van der Waals surface area contributed by atoms with Crippen LogP contribution in [0.3, 0.4) is 0 Å². The van der Waals surface area contributed by atoms with E-state index in [0.29, 0.717) is 19.3 Å². The fraction of sp³-hybridized carbons (Fsp3) is 0.694. The van der Waals surface area contributed by atoms with Crippen LogP contribution >= 0.6 is 0 Å². The van der Waals surface area contributed by atoms with Crippen molar-refractivity contribution in [3.63, 3.8) is 0 Å². The molecular weight excluding hydrogens is 715 g/mol. The highest BCUT2D eigenvalue weighted by Crippen LogP contribution is 2.12. The molecular formula is C49H84NO7+. The van der Waals surface area contributed by atoms with E-state index in [9.17, 15) is 19.5 Å². The lowest BCUT2D eigenvalue weighted by Crippen LogP contribution is -2.50. The molecule has 0 saturated carbocycles. The van der Waals surface area contributed by atoms with E-state index in [0.717, 1.165) is 89.9 Å². The minimum Gasteiger partial charge on any atom is -0.477 e. The summed E-state index contributed by atoms with van der Waals surface area (Å²) in [5.74, 6) is -1.54. The lowest BCUT2D eigenvalue weighted by atomic mass is 10.1. The maximum atomic E-state index is 12.7. The highest BCUT2D eigenvalue weighted by molar-refractivity contribution is 5.72. The van der Waals surface area contributed by atoms with Gasteiger partial charge in [0, 0.05) is 19.3 Å². The zero-order valence-electron chi connectivity index (χ0n) is 37.0. The summed E-state index contributed by atoms with van der Waals surface area (Å²) in [6.07, 6.45) is 49.4. The second kappa shape index (κ2) is 39.6. The number of aliphatic carboxylic acids is 1. The topological polar surface area (TPSA) is 99.1 Å². The van der Waals surface area contributed by atoms with Crippen LogP contribution in [-0.2, 0) is 28.6 Å². The Hall–Kier alpha value is -3.23. The number of ether oxygens (including phenoxy) is 3. The summed E-state index contributed by atoms with van der Waals surface area (Å²) >= 11 is 0. The molecule has 0 fully saturated rings. The lowest BCUT2D eigenvalue weighted by molar-refractivity contribution is -0.887. The first-order valence-corrected chi connectivity index (χ1v) is 22.5. The van der Waals surface area contributed by atoms with Gasteiger partial charge in [0.2, 0.25) is 0 Å². The van der Waals surface area contributed by atoms with Crippen molar-refractivity contribution in [2.24, 2.45) is 0 Å². The molecule has 0 heterocycles. The molecule has 0 aliphatic carbocycles. The van der Waals surface area contributed by atoms with Gasteiger partial charge in [-0.05, 0) is 83.5 Å². The first-order valence-electron chi connectivity index (χ1n) is 22.5. The number of carboxylic acids is 1. The molecule has 0 aliphatic rings. The number of likely N-dealkylation sites (N-methyl/N-ethyl adjacent to an activating group) is 1. The summed E-state index contributed by atoms with van der Waals surface area (Å²) < 4.78 is 17.2. The molecule has 0 amide bonds. The van der Waals surface area contributed by atoms with Gasteiger partial charge in [0.1, 0.15) is 6.61 Å². The van der Waals surface area contributed by atoms with Crippen molar-refractivity contribution < 1.29 is 38.2 Å². The van der Waals surface area contributed by atoms with Gasteiger partial charge >= 0.3 is 17.9 Å². The summed E-state index contributed by atoms with van der Waals surface area (Å²) in [7, 11) is 5.50. The van der Waals surface area contributed by atoms with Gasteiger partial charge in [0.15, 0.2) is 12.1 Å². The van der Waals surface area contributed by atoms with Crippen molar-refractivity contribution in [2.75, 3.05) is 41.0 Å². The fourth-order valence-electron chi connectivity index (χ4n) is 6.11.